The average Bonchev–Trinajstić information content (AvgIpc) is 3.00. The van der Waals surface area contributed by atoms with Gasteiger partial charge in [-0.2, -0.15) is 0 Å². The number of carbonyl (C=O) groups excluding carboxylic acids is 2. The van der Waals surface area contributed by atoms with Crippen LogP contribution in [-0.4, -0.2) is 47.3 Å². The van der Waals surface area contributed by atoms with Crippen LogP contribution >= 0.6 is 27.7 Å². The zero-order valence-electron chi connectivity index (χ0n) is 17.2. The third-order valence-corrected chi connectivity index (χ3v) is 5.78. The van der Waals surface area contributed by atoms with Gasteiger partial charge in [0.25, 0.3) is 5.91 Å². The number of hydrogen-bond acceptors (Lipinski definition) is 7. The fourth-order valence-electron chi connectivity index (χ4n) is 2.76. The fraction of sp³-hybridized carbons (Fsp3) is 0.227. The van der Waals surface area contributed by atoms with Crippen molar-refractivity contribution in [2.75, 3.05) is 20.3 Å². The van der Waals surface area contributed by atoms with Gasteiger partial charge in [0, 0.05) is 17.1 Å². The Morgan fingerprint density at radius 2 is 1.94 bits per heavy atom. The summed E-state index contributed by atoms with van der Waals surface area (Å²) in [6.07, 6.45) is 1.61. The van der Waals surface area contributed by atoms with Crippen molar-refractivity contribution >= 4 is 56.5 Å². The molecule has 1 saturated heterocycles. The predicted octanol–water partition coefficient (Wildman–Crippen LogP) is 4.96. The molecule has 1 N–H and O–H groups in total. The van der Waals surface area contributed by atoms with E-state index in [4.69, 9.17) is 9.47 Å². The van der Waals surface area contributed by atoms with E-state index in [1.54, 1.807) is 56.4 Å². The topological polar surface area (TPSA) is 88.4 Å². The molecule has 0 bridgehead atoms. The summed E-state index contributed by atoms with van der Waals surface area (Å²) in [5, 5.41) is 11.0. The SMILES string of the molecule is CCOC(=O)c1ccc(N=C2SC(=Cc3cc(Br)cc(OCC)c3O)C(=O)N2C)cc1. The smallest absolute Gasteiger partial charge is 0.338 e. The molecule has 0 spiro atoms. The van der Waals surface area contributed by atoms with Crippen LogP contribution in [0.4, 0.5) is 5.69 Å². The first-order valence-corrected chi connectivity index (χ1v) is 11.1. The van der Waals surface area contributed by atoms with E-state index in [0.717, 1.165) is 4.47 Å². The zero-order chi connectivity index (χ0) is 22.5. The summed E-state index contributed by atoms with van der Waals surface area (Å²) in [5.74, 6) is -0.324. The molecule has 7 nitrogen and oxygen atoms in total. The Hall–Kier alpha value is -2.78. The molecule has 0 atom stereocenters. The maximum atomic E-state index is 12.7. The van der Waals surface area contributed by atoms with E-state index in [1.807, 2.05) is 6.92 Å². The number of likely N-dealkylation sites (N-methyl/N-ethyl adjacent to an activating group) is 1. The molecular weight excluding hydrogens is 484 g/mol. The van der Waals surface area contributed by atoms with Crippen molar-refractivity contribution in [3.63, 3.8) is 0 Å². The number of amidine groups is 1. The number of rotatable bonds is 6. The molecule has 2 aromatic rings. The van der Waals surface area contributed by atoms with Crippen molar-refractivity contribution < 1.29 is 24.2 Å². The van der Waals surface area contributed by atoms with Gasteiger partial charge in [0.1, 0.15) is 0 Å². The monoisotopic (exact) mass is 504 g/mol. The van der Waals surface area contributed by atoms with E-state index in [2.05, 4.69) is 20.9 Å². The third-order valence-electron chi connectivity index (χ3n) is 4.26. The number of benzene rings is 2. The van der Waals surface area contributed by atoms with E-state index in [9.17, 15) is 14.7 Å². The van der Waals surface area contributed by atoms with Gasteiger partial charge in [-0.05, 0) is 68.1 Å². The number of thioether (sulfide) groups is 1. The predicted molar refractivity (Wildman–Crippen MR) is 125 cm³/mol. The van der Waals surface area contributed by atoms with Crippen molar-refractivity contribution in [1.82, 2.24) is 4.90 Å². The summed E-state index contributed by atoms with van der Waals surface area (Å²) >= 11 is 4.59. The number of ether oxygens (including phenoxy) is 2. The molecule has 0 radical (unpaired) electrons. The molecule has 3 rings (SSSR count). The minimum Gasteiger partial charge on any atom is -0.504 e. The van der Waals surface area contributed by atoms with Crippen molar-refractivity contribution in [1.29, 1.82) is 0 Å². The van der Waals surface area contributed by atoms with Crippen LogP contribution in [-0.2, 0) is 9.53 Å². The molecule has 162 valence electrons. The fourth-order valence-corrected chi connectivity index (χ4v) is 4.19. The van der Waals surface area contributed by atoms with Crippen LogP contribution in [0.5, 0.6) is 11.5 Å². The Morgan fingerprint density at radius 1 is 1.23 bits per heavy atom. The first kappa shape index (κ1) is 22.9. The van der Waals surface area contributed by atoms with Crippen molar-refractivity contribution in [2.45, 2.75) is 13.8 Å². The van der Waals surface area contributed by atoms with E-state index in [0.29, 0.717) is 45.9 Å². The molecular formula is C22H21BrN2O5S. The van der Waals surface area contributed by atoms with Gasteiger partial charge < -0.3 is 14.6 Å². The van der Waals surface area contributed by atoms with E-state index in [-0.39, 0.29) is 11.7 Å². The number of halogens is 1. The van der Waals surface area contributed by atoms with Crippen LogP contribution in [0.15, 0.2) is 50.8 Å². The normalized spacial score (nSPS) is 16.3. The number of carbonyl (C=O) groups is 2. The lowest BCUT2D eigenvalue weighted by atomic mass is 10.1. The van der Waals surface area contributed by atoms with E-state index < -0.39 is 5.97 Å². The number of phenols is 1. The summed E-state index contributed by atoms with van der Waals surface area (Å²) < 4.78 is 11.1. The second-order valence-corrected chi connectivity index (χ2v) is 8.34. The van der Waals surface area contributed by atoms with E-state index >= 15 is 0 Å². The molecule has 1 aliphatic rings. The van der Waals surface area contributed by atoms with Gasteiger partial charge in [-0.1, -0.05) is 15.9 Å². The zero-order valence-corrected chi connectivity index (χ0v) is 19.6. The maximum absolute atomic E-state index is 12.7. The number of aliphatic imine (C=N–C) groups is 1. The van der Waals surface area contributed by atoms with Crippen LogP contribution in [0.3, 0.4) is 0 Å². The maximum Gasteiger partial charge on any atom is 0.338 e. The van der Waals surface area contributed by atoms with Crippen LogP contribution in [0.1, 0.15) is 29.8 Å². The van der Waals surface area contributed by atoms with Gasteiger partial charge in [0.05, 0.1) is 29.4 Å². The Balaban J connectivity index is 1.86. The van der Waals surface area contributed by atoms with Crippen LogP contribution in [0.25, 0.3) is 6.08 Å². The largest absolute Gasteiger partial charge is 0.504 e. The van der Waals surface area contributed by atoms with Gasteiger partial charge in [0.2, 0.25) is 0 Å². The molecule has 0 unspecified atom stereocenters. The van der Waals surface area contributed by atoms with E-state index in [1.165, 1.54) is 16.7 Å². The van der Waals surface area contributed by atoms with Gasteiger partial charge in [0.15, 0.2) is 16.7 Å². The minimum absolute atomic E-state index is 0.0338. The lowest BCUT2D eigenvalue weighted by molar-refractivity contribution is -0.121. The molecule has 1 amide bonds. The van der Waals surface area contributed by atoms with Crippen molar-refractivity contribution in [2.24, 2.45) is 4.99 Å². The number of phenolic OH excluding ortho intramolecular Hbond substituents is 1. The molecule has 0 aromatic heterocycles. The molecule has 1 aliphatic heterocycles. The highest BCUT2D eigenvalue weighted by atomic mass is 79.9. The minimum atomic E-state index is -0.394. The van der Waals surface area contributed by atoms with Crippen LogP contribution in [0, 0.1) is 0 Å². The Labute approximate surface area is 192 Å². The van der Waals surface area contributed by atoms with Gasteiger partial charge in [-0.15, -0.1) is 0 Å². The number of nitrogens with zero attached hydrogens (tertiary/aromatic N) is 2. The van der Waals surface area contributed by atoms with Gasteiger partial charge >= 0.3 is 5.97 Å². The summed E-state index contributed by atoms with van der Waals surface area (Å²) in [4.78, 5) is 30.8. The van der Waals surface area contributed by atoms with Crippen LogP contribution in [0.2, 0.25) is 0 Å². The lowest BCUT2D eigenvalue weighted by Gasteiger charge is -2.09. The third kappa shape index (κ3) is 5.29. The molecule has 0 saturated carbocycles. The first-order chi connectivity index (χ1) is 14.8. The Morgan fingerprint density at radius 3 is 2.58 bits per heavy atom. The Bertz CT molecular complexity index is 1070. The molecule has 2 aromatic carbocycles. The first-order valence-electron chi connectivity index (χ1n) is 9.52. The molecule has 0 aliphatic carbocycles. The summed E-state index contributed by atoms with van der Waals surface area (Å²) in [7, 11) is 1.63. The number of esters is 1. The highest BCUT2D eigenvalue weighted by Gasteiger charge is 2.30. The van der Waals surface area contributed by atoms with Crippen molar-refractivity contribution in [3.8, 4) is 11.5 Å². The number of hydrogen-bond donors (Lipinski definition) is 1. The highest BCUT2D eigenvalue weighted by Crippen LogP contribution is 2.39. The number of aromatic hydroxyl groups is 1. The number of amides is 1. The molecule has 9 heteroatoms. The molecule has 1 fully saturated rings. The lowest BCUT2D eigenvalue weighted by Crippen LogP contribution is -2.23. The van der Waals surface area contributed by atoms with Crippen LogP contribution < -0.4 is 4.74 Å². The molecule has 1 heterocycles. The second kappa shape index (κ2) is 10.0. The average molecular weight is 505 g/mol. The summed E-state index contributed by atoms with van der Waals surface area (Å²) in [6, 6.07) is 10.0. The second-order valence-electron chi connectivity index (χ2n) is 6.41. The Kier molecular flexibility index (Phi) is 7.40. The summed E-state index contributed by atoms with van der Waals surface area (Å²) in [5.41, 5.74) is 1.49. The highest BCUT2D eigenvalue weighted by molar-refractivity contribution is 9.10. The summed E-state index contributed by atoms with van der Waals surface area (Å²) in [6.45, 7) is 4.29. The quantitative estimate of drug-likeness (QED) is 0.441. The standard InChI is InChI=1S/C22H21BrN2O5S/c1-4-29-17-12-15(23)10-14(19(17)26)11-18-20(27)25(3)22(31-18)24-16-8-6-13(7-9-16)21(28)30-5-2/h6-12,26H,4-5H2,1-3H3. The molecule has 31 heavy (non-hydrogen) atoms. The van der Waals surface area contributed by atoms with Crippen molar-refractivity contribution in [3.05, 3.63) is 56.9 Å². The van der Waals surface area contributed by atoms with Gasteiger partial charge in [-0.25, -0.2) is 9.79 Å². The van der Waals surface area contributed by atoms with Gasteiger partial charge in [-0.3, -0.25) is 9.69 Å².